The van der Waals surface area contributed by atoms with Crippen LogP contribution in [0.15, 0.2) is 25.0 Å². The summed E-state index contributed by atoms with van der Waals surface area (Å²) in [4.78, 5) is 37.8. The fourth-order valence-corrected chi connectivity index (χ4v) is 4.03. The van der Waals surface area contributed by atoms with E-state index in [9.17, 15) is 22.8 Å². The van der Waals surface area contributed by atoms with Crippen LogP contribution in [0.4, 0.5) is 19.0 Å². The van der Waals surface area contributed by atoms with E-state index >= 15 is 0 Å². The van der Waals surface area contributed by atoms with Crippen LogP contribution in [0.25, 0.3) is 11.2 Å². The van der Waals surface area contributed by atoms with Gasteiger partial charge in [0.15, 0.2) is 5.65 Å². The molecule has 2 aliphatic rings. The Kier molecular flexibility index (Phi) is 5.36. The van der Waals surface area contributed by atoms with Crippen molar-refractivity contribution in [3.8, 4) is 0 Å². The molecule has 1 unspecified atom stereocenters. The highest BCUT2D eigenvalue weighted by atomic mass is 19.4. The molecule has 11 heteroatoms. The minimum Gasteiger partial charge on any atom is -0.364 e. The molecule has 166 valence electrons. The number of likely N-dealkylation sites (tertiary alicyclic amines) is 1. The Morgan fingerprint density at radius 2 is 2.16 bits per heavy atom. The molecule has 0 bridgehead atoms. The van der Waals surface area contributed by atoms with Crippen LogP contribution in [0.2, 0.25) is 0 Å². The molecule has 2 aromatic heterocycles. The highest BCUT2D eigenvalue weighted by molar-refractivity contribution is 6.04. The minimum atomic E-state index is -4.25. The number of amides is 2. The van der Waals surface area contributed by atoms with Crippen LogP contribution in [-0.2, 0) is 4.79 Å². The average molecular weight is 436 g/mol. The van der Waals surface area contributed by atoms with Crippen molar-refractivity contribution < 1.29 is 22.8 Å². The summed E-state index contributed by atoms with van der Waals surface area (Å²) in [5.74, 6) is -0.142. The minimum absolute atomic E-state index is 0.0155. The lowest BCUT2D eigenvalue weighted by Crippen LogP contribution is -2.31. The third-order valence-corrected chi connectivity index (χ3v) is 5.90. The molecule has 0 aromatic carbocycles. The number of nitrogens with one attached hydrogen (secondary N) is 3. The van der Waals surface area contributed by atoms with Gasteiger partial charge >= 0.3 is 6.18 Å². The van der Waals surface area contributed by atoms with Crippen molar-refractivity contribution in [2.75, 3.05) is 25.0 Å². The van der Waals surface area contributed by atoms with Crippen molar-refractivity contribution >= 4 is 28.8 Å². The van der Waals surface area contributed by atoms with Crippen LogP contribution >= 0.6 is 0 Å². The van der Waals surface area contributed by atoms with Gasteiger partial charge in [-0.3, -0.25) is 9.59 Å². The molecule has 1 saturated heterocycles. The van der Waals surface area contributed by atoms with E-state index in [1.165, 1.54) is 12.3 Å². The first-order valence-corrected chi connectivity index (χ1v) is 10.1. The molecule has 1 aliphatic carbocycles. The Hall–Kier alpha value is -3.11. The lowest BCUT2D eigenvalue weighted by atomic mass is 10.0. The summed E-state index contributed by atoms with van der Waals surface area (Å²) in [6.07, 6.45) is 0.928. The standard InChI is InChI=1S/C20H23F3N6O2/c1-2-15(30)29-10-13(19(11-29)5-6-19)27-14-9-26-17-16(28-14)12(8-25-17)18(31)24-7-3-4-20(21,22)23/h2,8-9,13H,1,3-7,10-11H2,(H,24,31)(H,25,26)(H,27,28). The fourth-order valence-electron chi connectivity index (χ4n) is 4.03. The summed E-state index contributed by atoms with van der Waals surface area (Å²) in [5, 5.41) is 5.84. The Morgan fingerprint density at radius 3 is 2.84 bits per heavy atom. The van der Waals surface area contributed by atoms with Crippen LogP contribution < -0.4 is 10.6 Å². The first-order chi connectivity index (χ1) is 14.7. The van der Waals surface area contributed by atoms with Gasteiger partial charge in [-0.1, -0.05) is 6.58 Å². The maximum absolute atomic E-state index is 12.4. The fraction of sp³-hybridized carbons (Fsp3) is 0.500. The molecule has 31 heavy (non-hydrogen) atoms. The summed E-state index contributed by atoms with van der Waals surface area (Å²) in [7, 11) is 0. The molecule has 0 radical (unpaired) electrons. The number of carbonyl (C=O) groups excluding carboxylic acids is 2. The largest absolute Gasteiger partial charge is 0.389 e. The third kappa shape index (κ3) is 4.49. The molecule has 3 N–H and O–H groups in total. The summed E-state index contributed by atoms with van der Waals surface area (Å²) in [5.41, 5.74) is 0.975. The molecular formula is C20H23F3N6O2. The maximum Gasteiger partial charge on any atom is 0.389 e. The smallest absolute Gasteiger partial charge is 0.364 e. The number of rotatable bonds is 7. The number of aromatic nitrogens is 3. The molecule has 4 rings (SSSR count). The zero-order valence-corrected chi connectivity index (χ0v) is 16.8. The number of hydrogen-bond acceptors (Lipinski definition) is 5. The molecule has 8 nitrogen and oxygen atoms in total. The first-order valence-electron chi connectivity index (χ1n) is 10.1. The number of fused-ring (bicyclic) bond motifs is 1. The van der Waals surface area contributed by atoms with Crippen molar-refractivity contribution in [1.29, 1.82) is 0 Å². The van der Waals surface area contributed by atoms with E-state index in [-0.39, 0.29) is 35.9 Å². The van der Waals surface area contributed by atoms with Gasteiger partial charge in [0.1, 0.15) is 11.3 Å². The summed E-state index contributed by atoms with van der Waals surface area (Å²) in [6.45, 7) is 4.65. The van der Waals surface area contributed by atoms with E-state index in [1.54, 1.807) is 11.1 Å². The van der Waals surface area contributed by atoms with Gasteiger partial charge in [0.2, 0.25) is 5.91 Å². The van der Waals surface area contributed by atoms with Gasteiger partial charge in [-0.2, -0.15) is 13.2 Å². The van der Waals surface area contributed by atoms with Gasteiger partial charge in [0.25, 0.3) is 5.91 Å². The monoisotopic (exact) mass is 436 g/mol. The van der Waals surface area contributed by atoms with Crippen LogP contribution in [0.5, 0.6) is 0 Å². The number of alkyl halides is 3. The molecule has 3 heterocycles. The Bertz CT molecular complexity index is 1010. The number of aromatic amines is 1. The number of nitrogens with zero attached hydrogens (tertiary/aromatic N) is 3. The zero-order valence-electron chi connectivity index (χ0n) is 16.8. The van der Waals surface area contributed by atoms with Crippen molar-refractivity contribution in [2.45, 2.75) is 37.9 Å². The van der Waals surface area contributed by atoms with Crippen LogP contribution in [-0.4, -0.2) is 63.5 Å². The molecule has 2 aromatic rings. The van der Waals surface area contributed by atoms with Gasteiger partial charge in [-0.15, -0.1) is 0 Å². The van der Waals surface area contributed by atoms with E-state index in [1.807, 2.05) is 0 Å². The third-order valence-electron chi connectivity index (χ3n) is 5.90. The van der Waals surface area contributed by atoms with Gasteiger partial charge in [0.05, 0.1) is 17.8 Å². The lowest BCUT2D eigenvalue weighted by molar-refractivity contribution is -0.135. The van der Waals surface area contributed by atoms with Gasteiger partial charge in [-0.25, -0.2) is 9.97 Å². The number of anilines is 1. The second kappa shape index (κ2) is 7.86. The highest BCUT2D eigenvalue weighted by Gasteiger charge is 2.56. The first kappa shape index (κ1) is 21.1. The predicted octanol–water partition coefficient (Wildman–Crippen LogP) is 2.62. The van der Waals surface area contributed by atoms with E-state index in [0.29, 0.717) is 30.1 Å². The van der Waals surface area contributed by atoms with Crippen LogP contribution in [0, 0.1) is 5.41 Å². The van der Waals surface area contributed by atoms with Crippen molar-refractivity contribution in [1.82, 2.24) is 25.2 Å². The van der Waals surface area contributed by atoms with Crippen LogP contribution in [0.3, 0.4) is 0 Å². The molecule has 1 atom stereocenters. The summed E-state index contributed by atoms with van der Waals surface area (Å²) in [6, 6.07) is 0.0155. The maximum atomic E-state index is 12.4. The molecule has 1 saturated carbocycles. The quantitative estimate of drug-likeness (QED) is 0.457. The number of hydrogen-bond donors (Lipinski definition) is 3. The molecule has 2 fully saturated rings. The van der Waals surface area contributed by atoms with Gasteiger partial charge in [-0.05, 0) is 25.3 Å². The highest BCUT2D eigenvalue weighted by Crippen LogP contribution is 2.53. The molecular weight excluding hydrogens is 413 g/mol. The van der Waals surface area contributed by atoms with E-state index in [0.717, 1.165) is 12.8 Å². The van der Waals surface area contributed by atoms with Gasteiger partial charge < -0.3 is 20.5 Å². The lowest BCUT2D eigenvalue weighted by Gasteiger charge is -2.18. The van der Waals surface area contributed by atoms with Crippen molar-refractivity contribution in [3.63, 3.8) is 0 Å². The topological polar surface area (TPSA) is 103 Å². The zero-order chi connectivity index (χ0) is 22.2. The van der Waals surface area contributed by atoms with Crippen LogP contribution in [0.1, 0.15) is 36.0 Å². The van der Waals surface area contributed by atoms with Crippen molar-refractivity contribution in [2.24, 2.45) is 5.41 Å². The van der Waals surface area contributed by atoms with Gasteiger partial charge in [0, 0.05) is 37.7 Å². The summed E-state index contributed by atoms with van der Waals surface area (Å²) >= 11 is 0. The second-order valence-electron chi connectivity index (χ2n) is 8.11. The summed E-state index contributed by atoms with van der Waals surface area (Å²) < 4.78 is 36.8. The SMILES string of the molecule is C=CC(=O)N1CC(Nc2cnc3[nH]cc(C(=O)NCCCC(F)(F)F)c3n2)C2(CC2)C1. The number of halogens is 3. The normalized spacial score (nSPS) is 19.6. The second-order valence-corrected chi connectivity index (χ2v) is 8.11. The predicted molar refractivity (Wildman–Crippen MR) is 107 cm³/mol. The molecule has 1 spiro atoms. The molecule has 1 aliphatic heterocycles. The Morgan fingerprint density at radius 1 is 1.39 bits per heavy atom. The molecule has 2 amide bonds. The average Bonchev–Trinajstić information content (AvgIpc) is 3.24. The Balaban J connectivity index is 1.44. The number of H-pyrrole nitrogens is 1. The van der Waals surface area contributed by atoms with Crippen molar-refractivity contribution in [3.05, 3.63) is 30.6 Å². The van der Waals surface area contributed by atoms with E-state index in [2.05, 4.69) is 32.2 Å². The van der Waals surface area contributed by atoms with E-state index in [4.69, 9.17) is 0 Å². The number of carbonyl (C=O) groups is 2. The van der Waals surface area contributed by atoms with E-state index < -0.39 is 18.5 Å². The Labute approximate surface area is 176 Å².